The molecule has 0 aromatic heterocycles. The van der Waals surface area contributed by atoms with Crippen LogP contribution in [0, 0.1) is 6.92 Å². The molecule has 0 atom stereocenters. The van der Waals surface area contributed by atoms with Gasteiger partial charge >= 0.3 is 0 Å². The van der Waals surface area contributed by atoms with Crippen LogP contribution in [-0.2, 0) is 16.6 Å². The van der Waals surface area contributed by atoms with Gasteiger partial charge in [-0.2, -0.15) is 4.31 Å². The van der Waals surface area contributed by atoms with Crippen LogP contribution in [0.4, 0.5) is 0 Å². The molecule has 4 nitrogen and oxygen atoms in total. The molecule has 0 saturated heterocycles. The molecule has 1 aromatic rings. The third-order valence-corrected chi connectivity index (χ3v) is 5.39. The molecule has 0 spiro atoms. The van der Waals surface area contributed by atoms with Crippen molar-refractivity contribution in [1.82, 2.24) is 4.31 Å². The first kappa shape index (κ1) is 12.5. The Balaban J connectivity index is 2.45. The largest absolute Gasteiger partial charge is 0.326 e. The Kier molecular flexibility index (Phi) is 3.25. The molecule has 17 heavy (non-hydrogen) atoms. The highest BCUT2D eigenvalue weighted by molar-refractivity contribution is 7.89. The zero-order chi connectivity index (χ0) is 12.6. The number of hydrogen-bond donors (Lipinski definition) is 1. The molecule has 0 unspecified atom stereocenters. The summed E-state index contributed by atoms with van der Waals surface area (Å²) in [5.41, 5.74) is 7.25. The van der Waals surface area contributed by atoms with Gasteiger partial charge in [-0.1, -0.05) is 12.1 Å². The van der Waals surface area contributed by atoms with E-state index in [1.54, 1.807) is 19.2 Å². The lowest BCUT2D eigenvalue weighted by molar-refractivity contribution is 0.463. The molecular weight excluding hydrogens is 236 g/mol. The quantitative estimate of drug-likeness (QED) is 0.879. The minimum atomic E-state index is -3.36. The van der Waals surface area contributed by atoms with Gasteiger partial charge in [0.25, 0.3) is 0 Å². The Morgan fingerprint density at radius 3 is 2.59 bits per heavy atom. The molecule has 1 aromatic carbocycles. The first-order chi connectivity index (χ1) is 7.98. The maximum Gasteiger partial charge on any atom is 0.243 e. The van der Waals surface area contributed by atoms with E-state index in [0.717, 1.165) is 24.0 Å². The molecule has 0 bridgehead atoms. The summed E-state index contributed by atoms with van der Waals surface area (Å²) in [6.07, 6.45) is 1.93. The van der Waals surface area contributed by atoms with Gasteiger partial charge in [0.05, 0.1) is 4.90 Å². The standard InChI is InChI=1S/C12H18N2O2S/c1-9-10(8-13)4-3-5-12(9)17(15,16)14(2)11-6-7-11/h3-5,11H,6-8,13H2,1-2H3. The van der Waals surface area contributed by atoms with E-state index in [0.29, 0.717) is 11.4 Å². The predicted octanol–water partition coefficient (Wildman–Crippen LogP) is 1.24. The smallest absolute Gasteiger partial charge is 0.243 e. The minimum Gasteiger partial charge on any atom is -0.326 e. The topological polar surface area (TPSA) is 63.4 Å². The second-order valence-corrected chi connectivity index (χ2v) is 6.46. The third-order valence-electron chi connectivity index (χ3n) is 3.33. The lowest BCUT2D eigenvalue weighted by Gasteiger charge is -2.18. The summed E-state index contributed by atoms with van der Waals surface area (Å²) in [6, 6.07) is 5.46. The van der Waals surface area contributed by atoms with Crippen molar-refractivity contribution in [3.8, 4) is 0 Å². The fraction of sp³-hybridized carbons (Fsp3) is 0.500. The molecule has 5 heteroatoms. The van der Waals surface area contributed by atoms with Crippen molar-refractivity contribution in [3.05, 3.63) is 29.3 Å². The number of rotatable bonds is 4. The molecule has 94 valence electrons. The molecule has 1 saturated carbocycles. The highest BCUT2D eigenvalue weighted by atomic mass is 32.2. The summed E-state index contributed by atoms with van der Waals surface area (Å²) in [6.45, 7) is 2.18. The van der Waals surface area contributed by atoms with E-state index in [9.17, 15) is 8.42 Å². The Labute approximate surface area is 102 Å². The molecule has 1 aliphatic rings. The Hall–Kier alpha value is -0.910. The average molecular weight is 254 g/mol. The monoisotopic (exact) mass is 254 g/mol. The van der Waals surface area contributed by atoms with Crippen molar-refractivity contribution >= 4 is 10.0 Å². The van der Waals surface area contributed by atoms with Crippen molar-refractivity contribution in [2.45, 2.75) is 37.2 Å². The van der Waals surface area contributed by atoms with Crippen LogP contribution in [0.3, 0.4) is 0 Å². The second-order valence-electron chi connectivity index (χ2n) is 4.50. The van der Waals surface area contributed by atoms with Crippen LogP contribution in [-0.4, -0.2) is 25.8 Å². The number of nitrogens with zero attached hydrogens (tertiary/aromatic N) is 1. The zero-order valence-electron chi connectivity index (χ0n) is 10.2. The first-order valence-corrected chi connectivity index (χ1v) is 7.19. The van der Waals surface area contributed by atoms with Crippen LogP contribution in [0.2, 0.25) is 0 Å². The fourth-order valence-corrected chi connectivity index (χ4v) is 3.63. The van der Waals surface area contributed by atoms with E-state index < -0.39 is 10.0 Å². The summed E-state index contributed by atoms with van der Waals surface area (Å²) >= 11 is 0. The van der Waals surface area contributed by atoms with Gasteiger partial charge in [0.15, 0.2) is 0 Å². The van der Waals surface area contributed by atoms with Crippen LogP contribution in [0.25, 0.3) is 0 Å². The number of benzene rings is 1. The van der Waals surface area contributed by atoms with Gasteiger partial charge in [-0.05, 0) is 37.0 Å². The normalized spacial score (nSPS) is 16.5. The molecule has 2 N–H and O–H groups in total. The maximum absolute atomic E-state index is 12.4. The van der Waals surface area contributed by atoms with E-state index >= 15 is 0 Å². The second kappa shape index (κ2) is 4.40. The van der Waals surface area contributed by atoms with Crippen molar-refractivity contribution in [2.75, 3.05) is 7.05 Å². The van der Waals surface area contributed by atoms with Crippen LogP contribution >= 0.6 is 0 Å². The first-order valence-electron chi connectivity index (χ1n) is 5.75. The van der Waals surface area contributed by atoms with Gasteiger partial charge in [-0.15, -0.1) is 0 Å². The van der Waals surface area contributed by atoms with E-state index in [1.807, 2.05) is 13.0 Å². The molecule has 0 radical (unpaired) electrons. The minimum absolute atomic E-state index is 0.181. The Morgan fingerprint density at radius 1 is 1.41 bits per heavy atom. The summed E-state index contributed by atoms with van der Waals surface area (Å²) in [4.78, 5) is 0.384. The summed E-state index contributed by atoms with van der Waals surface area (Å²) < 4.78 is 26.3. The Morgan fingerprint density at radius 2 is 2.06 bits per heavy atom. The summed E-state index contributed by atoms with van der Waals surface area (Å²) in [5.74, 6) is 0. The van der Waals surface area contributed by atoms with Gasteiger partial charge in [0.1, 0.15) is 0 Å². The van der Waals surface area contributed by atoms with E-state index in [2.05, 4.69) is 0 Å². The predicted molar refractivity (Wildman–Crippen MR) is 67.0 cm³/mol. The lowest BCUT2D eigenvalue weighted by atomic mass is 10.1. The van der Waals surface area contributed by atoms with Crippen LogP contribution in [0.15, 0.2) is 23.1 Å². The van der Waals surface area contributed by atoms with Crippen molar-refractivity contribution in [2.24, 2.45) is 5.73 Å². The SMILES string of the molecule is Cc1c(CN)cccc1S(=O)(=O)N(C)C1CC1. The molecule has 0 aliphatic heterocycles. The van der Waals surface area contributed by atoms with Crippen LogP contribution in [0.5, 0.6) is 0 Å². The Bertz CT molecular complexity index is 521. The summed E-state index contributed by atoms with van der Waals surface area (Å²) in [7, 11) is -1.71. The van der Waals surface area contributed by atoms with E-state index in [4.69, 9.17) is 5.73 Å². The average Bonchev–Trinajstić information content (AvgIpc) is 3.12. The van der Waals surface area contributed by atoms with Crippen molar-refractivity contribution < 1.29 is 8.42 Å². The van der Waals surface area contributed by atoms with Gasteiger partial charge in [0.2, 0.25) is 10.0 Å². The van der Waals surface area contributed by atoms with Gasteiger partial charge in [-0.3, -0.25) is 0 Å². The lowest BCUT2D eigenvalue weighted by Crippen LogP contribution is -2.29. The number of sulfonamides is 1. The highest BCUT2D eigenvalue weighted by Gasteiger charge is 2.35. The zero-order valence-corrected chi connectivity index (χ0v) is 11.0. The van der Waals surface area contributed by atoms with Gasteiger partial charge in [0, 0.05) is 19.6 Å². The number of hydrogen-bond acceptors (Lipinski definition) is 3. The molecule has 2 rings (SSSR count). The van der Waals surface area contributed by atoms with Crippen LogP contribution < -0.4 is 5.73 Å². The van der Waals surface area contributed by atoms with Crippen molar-refractivity contribution in [3.63, 3.8) is 0 Å². The molecule has 0 amide bonds. The van der Waals surface area contributed by atoms with Gasteiger partial charge < -0.3 is 5.73 Å². The van der Waals surface area contributed by atoms with Crippen molar-refractivity contribution in [1.29, 1.82) is 0 Å². The maximum atomic E-state index is 12.4. The van der Waals surface area contributed by atoms with E-state index in [1.165, 1.54) is 4.31 Å². The highest BCUT2D eigenvalue weighted by Crippen LogP contribution is 2.31. The summed E-state index contributed by atoms with van der Waals surface area (Å²) in [5, 5.41) is 0. The third kappa shape index (κ3) is 2.22. The molecule has 1 fully saturated rings. The van der Waals surface area contributed by atoms with Gasteiger partial charge in [-0.25, -0.2) is 8.42 Å². The molecule has 1 aliphatic carbocycles. The number of nitrogens with two attached hydrogens (primary N) is 1. The molecular formula is C12H18N2O2S. The van der Waals surface area contributed by atoms with E-state index in [-0.39, 0.29) is 6.04 Å². The fourth-order valence-electron chi connectivity index (χ4n) is 1.95. The van der Waals surface area contributed by atoms with Crippen LogP contribution in [0.1, 0.15) is 24.0 Å². The molecule has 0 heterocycles.